The molecule has 1 heterocycles. The van der Waals surface area contributed by atoms with Crippen molar-refractivity contribution in [2.24, 2.45) is 0 Å². The molecule has 25 heavy (non-hydrogen) atoms. The molecule has 0 saturated carbocycles. The van der Waals surface area contributed by atoms with Crippen LogP contribution in [0.2, 0.25) is 0 Å². The summed E-state index contributed by atoms with van der Waals surface area (Å²) in [5.41, 5.74) is 5.10. The molecule has 0 bridgehead atoms. The Bertz CT molecular complexity index is 887. The minimum atomic E-state index is -0.177. The Balaban J connectivity index is 1.78. The lowest BCUT2D eigenvalue weighted by atomic mass is 10.1. The molecule has 126 valence electrons. The van der Waals surface area contributed by atoms with Crippen molar-refractivity contribution in [2.75, 3.05) is 10.6 Å². The SMILES string of the molecule is Cc1cccc(C)c1NC(=O)c1cncc(Nc2ccc(Br)cc2)c1. The van der Waals surface area contributed by atoms with E-state index < -0.39 is 0 Å². The van der Waals surface area contributed by atoms with Crippen molar-refractivity contribution in [3.8, 4) is 0 Å². The average Bonchev–Trinajstić information content (AvgIpc) is 2.60. The molecule has 0 aliphatic heterocycles. The largest absolute Gasteiger partial charge is 0.354 e. The number of hydrogen-bond acceptors (Lipinski definition) is 3. The van der Waals surface area contributed by atoms with Crippen LogP contribution in [0.25, 0.3) is 0 Å². The number of amides is 1. The lowest BCUT2D eigenvalue weighted by Gasteiger charge is -2.12. The lowest BCUT2D eigenvalue weighted by Crippen LogP contribution is -2.14. The molecule has 3 rings (SSSR count). The molecule has 1 aromatic heterocycles. The van der Waals surface area contributed by atoms with Crippen molar-refractivity contribution in [2.45, 2.75) is 13.8 Å². The van der Waals surface area contributed by atoms with Crippen LogP contribution in [0.15, 0.2) is 65.4 Å². The number of nitrogens with zero attached hydrogens (tertiary/aromatic N) is 1. The molecule has 2 aromatic carbocycles. The summed E-state index contributed by atoms with van der Waals surface area (Å²) in [5, 5.41) is 6.23. The maximum absolute atomic E-state index is 12.6. The lowest BCUT2D eigenvalue weighted by molar-refractivity contribution is 0.102. The van der Waals surface area contributed by atoms with Crippen LogP contribution in [0.3, 0.4) is 0 Å². The fraction of sp³-hybridized carbons (Fsp3) is 0.100. The highest BCUT2D eigenvalue weighted by molar-refractivity contribution is 9.10. The summed E-state index contributed by atoms with van der Waals surface area (Å²) >= 11 is 3.41. The smallest absolute Gasteiger partial charge is 0.257 e. The zero-order chi connectivity index (χ0) is 17.8. The number of benzene rings is 2. The predicted octanol–water partition coefficient (Wildman–Crippen LogP) is 5.46. The molecule has 0 saturated heterocycles. The first-order valence-corrected chi connectivity index (χ1v) is 8.67. The quantitative estimate of drug-likeness (QED) is 0.616. The number of carbonyl (C=O) groups excluding carboxylic acids is 1. The number of pyridine rings is 1. The van der Waals surface area contributed by atoms with E-state index in [2.05, 4.69) is 31.5 Å². The third kappa shape index (κ3) is 4.25. The Hall–Kier alpha value is -2.66. The summed E-state index contributed by atoms with van der Waals surface area (Å²) in [6.45, 7) is 3.96. The molecule has 0 atom stereocenters. The van der Waals surface area contributed by atoms with Gasteiger partial charge in [0, 0.05) is 22.0 Å². The number of hydrogen-bond donors (Lipinski definition) is 2. The van der Waals surface area contributed by atoms with Gasteiger partial charge >= 0.3 is 0 Å². The molecule has 0 spiro atoms. The maximum atomic E-state index is 12.6. The van der Waals surface area contributed by atoms with E-state index in [0.29, 0.717) is 5.56 Å². The molecule has 4 nitrogen and oxygen atoms in total. The summed E-state index contributed by atoms with van der Waals surface area (Å²) in [5.74, 6) is -0.177. The van der Waals surface area contributed by atoms with E-state index >= 15 is 0 Å². The van der Waals surface area contributed by atoms with E-state index in [1.54, 1.807) is 18.5 Å². The Morgan fingerprint density at radius 2 is 1.64 bits per heavy atom. The first-order chi connectivity index (χ1) is 12.0. The number of nitrogens with one attached hydrogen (secondary N) is 2. The first kappa shape index (κ1) is 17.2. The number of carbonyl (C=O) groups is 1. The third-order valence-electron chi connectivity index (χ3n) is 3.85. The normalized spacial score (nSPS) is 10.4. The van der Waals surface area contributed by atoms with Crippen LogP contribution in [0.5, 0.6) is 0 Å². The number of para-hydroxylation sites is 1. The van der Waals surface area contributed by atoms with E-state index in [9.17, 15) is 4.79 Å². The van der Waals surface area contributed by atoms with Gasteiger partial charge in [0.2, 0.25) is 0 Å². The Labute approximate surface area is 155 Å². The number of aromatic nitrogens is 1. The molecule has 0 aliphatic rings. The molecule has 0 radical (unpaired) electrons. The number of anilines is 3. The second-order valence-corrected chi connectivity index (χ2v) is 6.73. The van der Waals surface area contributed by atoms with Gasteiger partial charge in [-0.05, 0) is 55.3 Å². The summed E-state index contributed by atoms with van der Waals surface area (Å²) < 4.78 is 1.01. The zero-order valence-electron chi connectivity index (χ0n) is 14.0. The molecule has 0 aliphatic carbocycles. The van der Waals surface area contributed by atoms with Gasteiger partial charge in [-0.25, -0.2) is 0 Å². The van der Waals surface area contributed by atoms with Crippen LogP contribution in [-0.4, -0.2) is 10.9 Å². The van der Waals surface area contributed by atoms with Gasteiger partial charge < -0.3 is 10.6 Å². The summed E-state index contributed by atoms with van der Waals surface area (Å²) in [7, 11) is 0. The van der Waals surface area contributed by atoms with Gasteiger partial charge in [0.05, 0.1) is 17.4 Å². The van der Waals surface area contributed by atoms with E-state index in [1.165, 1.54) is 0 Å². The van der Waals surface area contributed by atoms with Gasteiger partial charge in [-0.3, -0.25) is 9.78 Å². The van der Waals surface area contributed by atoms with Gasteiger partial charge in [-0.2, -0.15) is 0 Å². The third-order valence-corrected chi connectivity index (χ3v) is 4.38. The molecule has 2 N–H and O–H groups in total. The molecule has 0 fully saturated rings. The van der Waals surface area contributed by atoms with Gasteiger partial charge in [0.25, 0.3) is 5.91 Å². The van der Waals surface area contributed by atoms with Crippen molar-refractivity contribution in [3.05, 3.63) is 82.1 Å². The number of halogens is 1. The fourth-order valence-electron chi connectivity index (χ4n) is 2.53. The van der Waals surface area contributed by atoms with E-state index in [-0.39, 0.29) is 5.91 Å². The van der Waals surface area contributed by atoms with Gasteiger partial charge in [-0.1, -0.05) is 34.1 Å². The Morgan fingerprint density at radius 1 is 0.960 bits per heavy atom. The average molecular weight is 396 g/mol. The van der Waals surface area contributed by atoms with E-state index in [1.807, 2.05) is 56.3 Å². The molecule has 0 unspecified atom stereocenters. The molecule has 3 aromatic rings. The zero-order valence-corrected chi connectivity index (χ0v) is 15.6. The molecular weight excluding hydrogens is 378 g/mol. The van der Waals surface area contributed by atoms with E-state index in [4.69, 9.17) is 0 Å². The standard InChI is InChI=1S/C20H18BrN3O/c1-13-4-3-5-14(2)19(13)24-20(25)15-10-18(12-22-11-15)23-17-8-6-16(21)7-9-17/h3-12,23H,1-2H3,(H,24,25). The van der Waals surface area contributed by atoms with Gasteiger partial charge in [0.1, 0.15) is 0 Å². The van der Waals surface area contributed by atoms with Crippen molar-refractivity contribution < 1.29 is 4.79 Å². The fourth-order valence-corrected chi connectivity index (χ4v) is 2.79. The second-order valence-electron chi connectivity index (χ2n) is 5.82. The highest BCUT2D eigenvalue weighted by Crippen LogP contribution is 2.22. The number of rotatable bonds is 4. The van der Waals surface area contributed by atoms with Crippen LogP contribution in [0.4, 0.5) is 17.1 Å². The Kier molecular flexibility index (Phi) is 5.14. The summed E-state index contributed by atoms with van der Waals surface area (Å²) in [6, 6.07) is 15.5. The van der Waals surface area contributed by atoms with Crippen LogP contribution in [-0.2, 0) is 0 Å². The highest BCUT2D eigenvalue weighted by atomic mass is 79.9. The van der Waals surface area contributed by atoms with Crippen molar-refractivity contribution in [3.63, 3.8) is 0 Å². The summed E-state index contributed by atoms with van der Waals surface area (Å²) in [6.07, 6.45) is 3.26. The van der Waals surface area contributed by atoms with Gasteiger partial charge in [-0.15, -0.1) is 0 Å². The monoisotopic (exact) mass is 395 g/mol. The van der Waals surface area contributed by atoms with E-state index in [0.717, 1.165) is 32.7 Å². The molecule has 5 heteroatoms. The van der Waals surface area contributed by atoms with Crippen molar-refractivity contribution >= 4 is 38.9 Å². The second kappa shape index (κ2) is 7.49. The minimum absolute atomic E-state index is 0.177. The minimum Gasteiger partial charge on any atom is -0.354 e. The van der Waals surface area contributed by atoms with Crippen LogP contribution in [0, 0.1) is 13.8 Å². The van der Waals surface area contributed by atoms with Crippen molar-refractivity contribution in [1.82, 2.24) is 4.98 Å². The first-order valence-electron chi connectivity index (χ1n) is 7.88. The Morgan fingerprint density at radius 3 is 2.32 bits per heavy atom. The summed E-state index contributed by atoms with van der Waals surface area (Å²) in [4.78, 5) is 16.8. The maximum Gasteiger partial charge on any atom is 0.257 e. The van der Waals surface area contributed by atoms with Crippen molar-refractivity contribution in [1.29, 1.82) is 0 Å². The van der Waals surface area contributed by atoms with Crippen LogP contribution in [0.1, 0.15) is 21.5 Å². The highest BCUT2D eigenvalue weighted by Gasteiger charge is 2.11. The number of aryl methyl sites for hydroxylation is 2. The van der Waals surface area contributed by atoms with Crippen LogP contribution < -0.4 is 10.6 Å². The molecule has 1 amide bonds. The predicted molar refractivity (Wildman–Crippen MR) is 106 cm³/mol. The van der Waals surface area contributed by atoms with Gasteiger partial charge in [0.15, 0.2) is 0 Å². The van der Waals surface area contributed by atoms with Crippen LogP contribution >= 0.6 is 15.9 Å². The topological polar surface area (TPSA) is 54.0 Å². The molecular formula is C20H18BrN3O.